The first kappa shape index (κ1) is 30.4. The molecule has 13 heteroatoms. The van der Waals surface area contributed by atoms with Crippen molar-refractivity contribution < 1.29 is 25.9 Å². The molecule has 37 heavy (non-hydrogen) atoms. The van der Waals surface area contributed by atoms with Crippen LogP contribution in [0.15, 0.2) is 139 Å². The number of hydrogen-bond donors (Lipinski definition) is 0. The van der Waals surface area contributed by atoms with E-state index in [4.69, 9.17) is 0 Å². The summed E-state index contributed by atoms with van der Waals surface area (Å²) < 4.78 is 64.3. The van der Waals surface area contributed by atoms with Crippen molar-refractivity contribution in [1.29, 1.82) is 0 Å². The van der Waals surface area contributed by atoms with E-state index in [9.17, 15) is 25.9 Å². The molecule has 0 unspecified atom stereocenters. The molecule has 0 spiro atoms. The van der Waals surface area contributed by atoms with Gasteiger partial charge in [-0.25, -0.2) is 16.8 Å². The molecule has 0 radical (unpaired) electrons. The third-order valence-corrected chi connectivity index (χ3v) is 6.02. The molecule has 0 aliphatic rings. The maximum Gasteiger partial charge on any atom is 2.00 e. The van der Waals surface area contributed by atoms with E-state index in [0.717, 1.165) is 0 Å². The molecule has 4 rings (SSSR count). The van der Waals surface area contributed by atoms with E-state index >= 15 is 0 Å². The first-order valence-electron chi connectivity index (χ1n) is 10.2. The average Bonchev–Trinajstić information content (AvgIpc) is 2.87. The van der Waals surface area contributed by atoms with Crippen molar-refractivity contribution in [3.05, 3.63) is 109 Å². The maximum atomic E-state index is 10.7. The Hall–Kier alpha value is -2.84. The van der Waals surface area contributed by atoms with Crippen molar-refractivity contribution in [2.75, 3.05) is 0 Å². The number of azo groups is 2. The zero-order valence-corrected chi connectivity index (χ0v) is 23.0. The zero-order valence-electron chi connectivity index (χ0n) is 19.2. The molecule has 0 aliphatic carbocycles. The summed E-state index contributed by atoms with van der Waals surface area (Å²) in [6, 6.07) is 28.8. The summed E-state index contributed by atoms with van der Waals surface area (Å²) in [6.07, 6.45) is 0. The fourth-order valence-electron chi connectivity index (χ4n) is 2.58. The van der Waals surface area contributed by atoms with Crippen LogP contribution < -0.4 is 0 Å². The van der Waals surface area contributed by atoms with Gasteiger partial charge in [-0.3, -0.25) is 0 Å². The van der Waals surface area contributed by atoms with Gasteiger partial charge in [0.1, 0.15) is 20.2 Å². The monoisotopic (exact) mass is 562 g/mol. The summed E-state index contributed by atoms with van der Waals surface area (Å²) in [5.74, 6) is 0. The van der Waals surface area contributed by atoms with Crippen LogP contribution in [0.5, 0.6) is 0 Å². The molecule has 0 aromatic heterocycles. The summed E-state index contributed by atoms with van der Waals surface area (Å²) in [6.45, 7) is 0. The minimum atomic E-state index is -4.41. The fraction of sp³-hybridized carbons (Fsp3) is 0. The quantitative estimate of drug-likeness (QED) is 0.168. The van der Waals surface area contributed by atoms with E-state index < -0.39 is 20.2 Å². The minimum Gasteiger partial charge on any atom is -0.744 e. The Morgan fingerprint density at radius 1 is 0.405 bits per heavy atom. The zero-order chi connectivity index (χ0) is 26.0. The fourth-order valence-corrected chi connectivity index (χ4v) is 3.52. The summed E-state index contributed by atoms with van der Waals surface area (Å²) in [5.41, 5.74) is 2.34. The van der Waals surface area contributed by atoms with Crippen LogP contribution in [0.2, 0.25) is 0 Å². The molecular formula is C24H18CaN4O6S2. The van der Waals surface area contributed by atoms with Gasteiger partial charge >= 0.3 is 37.7 Å². The first-order valence-corrected chi connectivity index (χ1v) is 13.0. The van der Waals surface area contributed by atoms with Crippen LogP contribution in [-0.4, -0.2) is 63.7 Å². The molecule has 10 nitrogen and oxygen atoms in total. The van der Waals surface area contributed by atoms with E-state index in [1.165, 1.54) is 48.5 Å². The molecule has 0 saturated carbocycles. The smallest absolute Gasteiger partial charge is 0.744 e. The number of hydrogen-bond acceptors (Lipinski definition) is 10. The summed E-state index contributed by atoms with van der Waals surface area (Å²) in [4.78, 5) is -0.553. The van der Waals surface area contributed by atoms with Crippen LogP contribution in [-0.2, 0) is 20.2 Å². The van der Waals surface area contributed by atoms with Gasteiger partial charge in [-0.1, -0.05) is 36.4 Å². The molecule has 0 fully saturated rings. The normalized spacial score (nSPS) is 11.5. The van der Waals surface area contributed by atoms with E-state index in [2.05, 4.69) is 20.5 Å². The minimum absolute atomic E-state index is 0. The van der Waals surface area contributed by atoms with E-state index in [1.54, 1.807) is 24.3 Å². The molecule has 0 heterocycles. The Morgan fingerprint density at radius 2 is 0.649 bits per heavy atom. The summed E-state index contributed by atoms with van der Waals surface area (Å²) in [5, 5.41) is 15.8. The van der Waals surface area contributed by atoms with Gasteiger partial charge in [0.2, 0.25) is 0 Å². The molecule has 0 saturated heterocycles. The van der Waals surface area contributed by atoms with Crippen molar-refractivity contribution >= 4 is 80.7 Å². The van der Waals surface area contributed by atoms with Crippen molar-refractivity contribution in [2.24, 2.45) is 20.5 Å². The predicted octanol–water partition coefficient (Wildman–Crippen LogP) is 5.63. The second-order valence-electron chi connectivity index (χ2n) is 6.97. The molecular weight excluding hydrogens is 544 g/mol. The number of nitrogens with zero attached hydrogens (tertiary/aromatic N) is 4. The van der Waals surface area contributed by atoms with Crippen molar-refractivity contribution in [1.82, 2.24) is 0 Å². The van der Waals surface area contributed by atoms with Crippen molar-refractivity contribution in [2.45, 2.75) is 9.79 Å². The summed E-state index contributed by atoms with van der Waals surface area (Å²) >= 11 is 0. The molecule has 0 aliphatic heterocycles. The molecule has 0 bridgehead atoms. The van der Waals surface area contributed by atoms with Gasteiger partial charge in [-0.15, -0.1) is 0 Å². The van der Waals surface area contributed by atoms with Crippen LogP contribution in [0.1, 0.15) is 0 Å². The second-order valence-corrected chi connectivity index (χ2v) is 9.73. The Balaban J connectivity index is 0.000000253. The van der Waals surface area contributed by atoms with Gasteiger partial charge in [0.15, 0.2) is 0 Å². The van der Waals surface area contributed by atoms with Gasteiger partial charge in [-0.2, -0.15) is 20.5 Å². The molecule has 0 atom stereocenters. The predicted molar refractivity (Wildman–Crippen MR) is 136 cm³/mol. The van der Waals surface area contributed by atoms with Gasteiger partial charge in [0, 0.05) is 0 Å². The largest absolute Gasteiger partial charge is 2.00 e. The Morgan fingerprint density at radius 3 is 0.892 bits per heavy atom. The second kappa shape index (κ2) is 14.2. The molecule has 0 amide bonds. The molecule has 0 N–H and O–H groups in total. The van der Waals surface area contributed by atoms with Crippen LogP contribution >= 0.6 is 0 Å². The molecule has 4 aromatic rings. The van der Waals surface area contributed by atoms with Crippen molar-refractivity contribution in [3.8, 4) is 0 Å². The van der Waals surface area contributed by atoms with Gasteiger partial charge < -0.3 is 9.11 Å². The number of rotatable bonds is 6. The van der Waals surface area contributed by atoms with Gasteiger partial charge in [0.25, 0.3) is 0 Å². The van der Waals surface area contributed by atoms with Crippen LogP contribution in [0.4, 0.5) is 22.7 Å². The van der Waals surface area contributed by atoms with Crippen LogP contribution in [0, 0.1) is 0 Å². The molecule has 184 valence electrons. The van der Waals surface area contributed by atoms with Crippen molar-refractivity contribution in [3.63, 3.8) is 0 Å². The maximum absolute atomic E-state index is 10.7. The summed E-state index contributed by atoms with van der Waals surface area (Å²) in [7, 11) is -8.82. The molecule has 4 aromatic carbocycles. The average molecular weight is 563 g/mol. The third-order valence-electron chi connectivity index (χ3n) is 4.33. The Bertz CT molecular complexity index is 1430. The third kappa shape index (κ3) is 10.6. The van der Waals surface area contributed by atoms with E-state index in [-0.39, 0.29) is 47.5 Å². The van der Waals surface area contributed by atoms with Gasteiger partial charge in [0.05, 0.1) is 32.5 Å². The Kier molecular flexibility index (Phi) is 11.7. The van der Waals surface area contributed by atoms with E-state index in [0.29, 0.717) is 22.7 Å². The Labute approximate surface area is 244 Å². The number of benzene rings is 4. The standard InChI is InChI=1S/2C12H10N2O3S.Ca/c2*15-18(16,17)12-8-6-11(7-9-12)14-13-10-4-2-1-3-5-10;/h2*1-9H,(H,15,16,17);/q;;+2/p-2. The SMILES string of the molecule is O=S(=O)([O-])c1ccc(N=Nc2ccccc2)cc1.O=S(=O)([O-])c1ccc(N=Nc2ccccc2)cc1.[Ca+2]. The van der Waals surface area contributed by atoms with E-state index in [1.807, 2.05) is 36.4 Å². The van der Waals surface area contributed by atoms with Gasteiger partial charge in [-0.05, 0) is 72.8 Å². The first-order chi connectivity index (χ1) is 17.1. The van der Waals surface area contributed by atoms with Crippen LogP contribution in [0.25, 0.3) is 0 Å². The van der Waals surface area contributed by atoms with Crippen LogP contribution in [0.3, 0.4) is 0 Å². The topological polar surface area (TPSA) is 164 Å².